The molecule has 0 amide bonds. The van der Waals surface area contributed by atoms with Crippen molar-refractivity contribution < 1.29 is 17.9 Å². The molecule has 0 bridgehead atoms. The predicted molar refractivity (Wildman–Crippen MR) is 58.8 cm³/mol. The topological polar surface area (TPSA) is 33.6 Å². The molecule has 0 aromatic carbocycles. The van der Waals surface area contributed by atoms with Crippen LogP contribution in [-0.4, -0.2) is 43.4 Å². The normalized spacial score (nSPS) is 21.8. The van der Waals surface area contributed by atoms with Crippen molar-refractivity contribution in [1.82, 2.24) is 5.32 Å². The predicted octanol–water partition coefficient (Wildman–Crippen LogP) is 1.89. The van der Waals surface area contributed by atoms with E-state index in [-0.39, 0.29) is 6.61 Å². The Labute approximate surface area is 96.8 Å². The number of aliphatic imine (C=N–C) groups is 1. The SMILES string of the molecule is CC1CN=C(NCCOCC(F)(F)F)SC1. The van der Waals surface area contributed by atoms with E-state index in [1.165, 1.54) is 0 Å². The number of rotatable bonds is 4. The molecule has 1 N–H and O–H groups in total. The molecule has 1 aliphatic heterocycles. The molecule has 1 aliphatic rings. The van der Waals surface area contributed by atoms with Gasteiger partial charge in [-0.15, -0.1) is 0 Å². The Kier molecular flexibility index (Phi) is 5.40. The molecule has 0 aromatic heterocycles. The molecule has 0 radical (unpaired) electrons. The molecule has 94 valence electrons. The Morgan fingerprint density at radius 2 is 2.31 bits per heavy atom. The van der Waals surface area contributed by atoms with Gasteiger partial charge in [0.1, 0.15) is 6.61 Å². The minimum atomic E-state index is -4.24. The zero-order valence-electron chi connectivity index (χ0n) is 9.01. The summed E-state index contributed by atoms with van der Waals surface area (Å²) < 4.78 is 39.6. The molecule has 7 heteroatoms. The van der Waals surface area contributed by atoms with E-state index in [1.807, 2.05) is 0 Å². The smallest absolute Gasteiger partial charge is 0.370 e. The molecular weight excluding hydrogens is 241 g/mol. The summed E-state index contributed by atoms with van der Waals surface area (Å²) in [4.78, 5) is 4.25. The number of ether oxygens (including phenoxy) is 1. The van der Waals surface area contributed by atoms with Crippen LogP contribution in [0.5, 0.6) is 0 Å². The van der Waals surface area contributed by atoms with Crippen LogP contribution in [-0.2, 0) is 4.74 Å². The van der Waals surface area contributed by atoms with Crippen molar-refractivity contribution in [1.29, 1.82) is 0 Å². The van der Waals surface area contributed by atoms with Gasteiger partial charge in [-0.05, 0) is 5.92 Å². The molecule has 16 heavy (non-hydrogen) atoms. The summed E-state index contributed by atoms with van der Waals surface area (Å²) in [5.74, 6) is 1.56. The second kappa shape index (κ2) is 6.34. The van der Waals surface area contributed by atoms with Crippen LogP contribution in [0.1, 0.15) is 6.92 Å². The lowest BCUT2D eigenvalue weighted by Gasteiger charge is -2.17. The van der Waals surface area contributed by atoms with Crippen LogP contribution in [0.4, 0.5) is 13.2 Å². The van der Waals surface area contributed by atoms with Gasteiger partial charge in [-0.3, -0.25) is 4.99 Å². The highest BCUT2D eigenvalue weighted by Crippen LogP contribution is 2.15. The van der Waals surface area contributed by atoms with Crippen molar-refractivity contribution in [2.75, 3.05) is 32.1 Å². The minimum Gasteiger partial charge on any atom is -0.370 e. The molecular formula is C9H15F3N2OS. The third kappa shape index (κ3) is 6.22. The Balaban J connectivity index is 2.03. The molecule has 0 aromatic rings. The first-order valence-corrected chi connectivity index (χ1v) is 6.01. The average Bonchev–Trinajstić information content (AvgIpc) is 2.19. The summed E-state index contributed by atoms with van der Waals surface area (Å²) in [5.41, 5.74) is 0. The van der Waals surface area contributed by atoms with Gasteiger partial charge in [0.05, 0.1) is 6.61 Å². The summed E-state index contributed by atoms with van der Waals surface area (Å²) in [6, 6.07) is 0. The van der Waals surface area contributed by atoms with Gasteiger partial charge in [0, 0.05) is 18.8 Å². The Hall–Kier alpha value is -0.430. The monoisotopic (exact) mass is 256 g/mol. The van der Waals surface area contributed by atoms with Gasteiger partial charge in [-0.1, -0.05) is 18.7 Å². The lowest BCUT2D eigenvalue weighted by atomic mass is 10.2. The van der Waals surface area contributed by atoms with Gasteiger partial charge in [0.15, 0.2) is 5.17 Å². The maximum Gasteiger partial charge on any atom is 0.411 e. The zero-order chi connectivity index (χ0) is 12.0. The summed E-state index contributed by atoms with van der Waals surface area (Å²) in [7, 11) is 0. The van der Waals surface area contributed by atoms with Gasteiger partial charge in [0.2, 0.25) is 0 Å². The quantitative estimate of drug-likeness (QED) is 0.780. The summed E-state index contributed by atoms with van der Waals surface area (Å²) in [5, 5.41) is 3.75. The third-order valence-corrected chi connectivity index (χ3v) is 3.12. The van der Waals surface area contributed by atoms with Crippen molar-refractivity contribution in [2.45, 2.75) is 13.1 Å². The van der Waals surface area contributed by atoms with E-state index in [0.29, 0.717) is 12.5 Å². The lowest BCUT2D eigenvalue weighted by molar-refractivity contribution is -0.173. The highest BCUT2D eigenvalue weighted by atomic mass is 32.2. The van der Waals surface area contributed by atoms with Crippen molar-refractivity contribution in [2.24, 2.45) is 10.9 Å². The maximum atomic E-state index is 11.7. The maximum absolute atomic E-state index is 11.7. The number of nitrogens with zero attached hydrogens (tertiary/aromatic N) is 1. The molecule has 1 atom stereocenters. The van der Waals surface area contributed by atoms with Gasteiger partial charge in [-0.2, -0.15) is 13.2 Å². The van der Waals surface area contributed by atoms with E-state index in [1.54, 1.807) is 11.8 Å². The van der Waals surface area contributed by atoms with E-state index < -0.39 is 12.8 Å². The fraction of sp³-hybridized carbons (Fsp3) is 0.889. The zero-order valence-corrected chi connectivity index (χ0v) is 9.83. The van der Waals surface area contributed by atoms with E-state index in [2.05, 4.69) is 22.0 Å². The Morgan fingerprint density at radius 1 is 1.56 bits per heavy atom. The van der Waals surface area contributed by atoms with E-state index in [0.717, 1.165) is 17.5 Å². The highest BCUT2D eigenvalue weighted by molar-refractivity contribution is 8.13. The number of halogens is 3. The van der Waals surface area contributed by atoms with Crippen molar-refractivity contribution in [3.63, 3.8) is 0 Å². The van der Waals surface area contributed by atoms with Crippen LogP contribution in [0, 0.1) is 5.92 Å². The first-order chi connectivity index (χ1) is 7.47. The Bertz CT molecular complexity index is 245. The second-order valence-corrected chi connectivity index (χ2v) is 4.67. The largest absolute Gasteiger partial charge is 0.411 e. The fourth-order valence-electron chi connectivity index (χ4n) is 1.08. The Morgan fingerprint density at radius 3 is 2.88 bits per heavy atom. The van der Waals surface area contributed by atoms with Crippen LogP contribution in [0.2, 0.25) is 0 Å². The first-order valence-electron chi connectivity index (χ1n) is 5.03. The van der Waals surface area contributed by atoms with Crippen molar-refractivity contribution >= 4 is 16.9 Å². The number of amidine groups is 1. The minimum absolute atomic E-state index is 0.0364. The molecule has 1 heterocycles. The van der Waals surface area contributed by atoms with Gasteiger partial charge >= 0.3 is 6.18 Å². The summed E-state index contributed by atoms with van der Waals surface area (Å²) in [6.45, 7) is 2.09. The molecule has 1 rings (SSSR count). The average molecular weight is 256 g/mol. The third-order valence-electron chi connectivity index (χ3n) is 1.84. The molecule has 0 aliphatic carbocycles. The molecule has 0 saturated carbocycles. The van der Waals surface area contributed by atoms with Crippen LogP contribution in [0.25, 0.3) is 0 Å². The standard InChI is InChI=1S/C9H15F3N2OS/c1-7-4-14-8(16-5-7)13-2-3-15-6-9(10,11)12/h7H,2-6H2,1H3,(H,13,14). The fourth-order valence-corrected chi connectivity index (χ4v) is 2.00. The van der Waals surface area contributed by atoms with Crippen LogP contribution < -0.4 is 5.32 Å². The number of thioether (sulfide) groups is 1. The van der Waals surface area contributed by atoms with Gasteiger partial charge in [-0.25, -0.2) is 0 Å². The van der Waals surface area contributed by atoms with E-state index >= 15 is 0 Å². The van der Waals surface area contributed by atoms with E-state index in [4.69, 9.17) is 0 Å². The molecule has 0 saturated heterocycles. The number of alkyl halides is 3. The number of hydrogen-bond donors (Lipinski definition) is 1. The van der Waals surface area contributed by atoms with E-state index in [9.17, 15) is 13.2 Å². The van der Waals surface area contributed by atoms with Crippen LogP contribution in [0.15, 0.2) is 4.99 Å². The number of hydrogen-bond acceptors (Lipinski definition) is 4. The first kappa shape index (κ1) is 13.6. The summed E-state index contributed by atoms with van der Waals surface area (Å²) >= 11 is 1.60. The van der Waals surface area contributed by atoms with Crippen LogP contribution >= 0.6 is 11.8 Å². The second-order valence-electron chi connectivity index (χ2n) is 3.66. The van der Waals surface area contributed by atoms with Crippen molar-refractivity contribution in [3.8, 4) is 0 Å². The summed E-state index contributed by atoms with van der Waals surface area (Å²) in [6.07, 6.45) is -4.24. The molecule has 3 nitrogen and oxygen atoms in total. The molecule has 1 unspecified atom stereocenters. The van der Waals surface area contributed by atoms with Crippen molar-refractivity contribution in [3.05, 3.63) is 0 Å². The van der Waals surface area contributed by atoms with Gasteiger partial charge in [0.25, 0.3) is 0 Å². The van der Waals surface area contributed by atoms with Gasteiger partial charge < -0.3 is 10.1 Å². The molecule has 0 fully saturated rings. The van der Waals surface area contributed by atoms with Crippen LogP contribution in [0.3, 0.4) is 0 Å². The number of nitrogens with one attached hydrogen (secondary N) is 1. The molecule has 0 spiro atoms. The highest BCUT2D eigenvalue weighted by Gasteiger charge is 2.27. The lowest BCUT2D eigenvalue weighted by Crippen LogP contribution is -2.30.